The number of fused-ring (bicyclic) bond motifs is 2. The zero-order valence-electron chi connectivity index (χ0n) is 26.4. The molecule has 2 aliphatic rings. The zero-order chi connectivity index (χ0) is 28.8. The van der Waals surface area contributed by atoms with E-state index in [4.69, 9.17) is 22.7 Å². The van der Waals surface area contributed by atoms with E-state index in [-0.39, 0.29) is 52.9 Å². The monoisotopic (exact) mass is 473 g/mol. The van der Waals surface area contributed by atoms with Gasteiger partial charge in [0.15, 0.2) is 0 Å². The van der Waals surface area contributed by atoms with Crippen LogP contribution in [0.4, 0.5) is 5.69 Å². The van der Waals surface area contributed by atoms with Gasteiger partial charge in [-0.1, -0.05) is 23.8 Å². The Morgan fingerprint density at radius 2 is 1.91 bits per heavy atom. The molecule has 0 bridgehead atoms. The van der Waals surface area contributed by atoms with Gasteiger partial charge in [-0.15, -0.1) is 0 Å². The summed E-state index contributed by atoms with van der Waals surface area (Å²) in [5.41, 5.74) is 1.63. The van der Waals surface area contributed by atoms with Crippen molar-refractivity contribution in [1.82, 2.24) is 9.80 Å². The Morgan fingerprint density at radius 3 is 2.67 bits per heavy atom. The van der Waals surface area contributed by atoms with Crippen molar-refractivity contribution in [3.8, 4) is 0 Å². The molecular weight excluding hydrogens is 430 g/mol. The van der Waals surface area contributed by atoms with Gasteiger partial charge in [-0.2, -0.15) is 0 Å². The summed E-state index contributed by atoms with van der Waals surface area (Å²) in [4.78, 5) is 10.2. The van der Waals surface area contributed by atoms with Crippen molar-refractivity contribution in [2.45, 2.75) is 56.1 Å². The van der Waals surface area contributed by atoms with E-state index in [1.54, 1.807) is 7.11 Å². The Kier molecular flexibility index (Phi) is 5.42. The molecule has 2 aliphatic heterocycles. The standard InChI is InChI=1S/C27H37N3O2S/c1-19-15-22-25(16-20(19)2)33-24-10-8-7-9-23(24)28-26(22)30-12-11-29(18-27(30,4)5)13-14-32-17-21(3)31-6/h7-10,15-16,21H,11-14,17-18H2,1-6H3/i7D,8D,9D,10D,15D,16D. The van der Waals surface area contributed by atoms with Gasteiger partial charge < -0.3 is 14.4 Å². The molecule has 33 heavy (non-hydrogen) atoms. The number of methoxy groups -OCH3 is 1. The number of nitrogens with zero attached hydrogens (tertiary/aromatic N) is 3. The molecule has 178 valence electrons. The first-order valence-electron chi connectivity index (χ1n) is 14.4. The first-order chi connectivity index (χ1) is 18.3. The van der Waals surface area contributed by atoms with Crippen LogP contribution >= 0.6 is 11.8 Å². The molecule has 0 saturated carbocycles. The summed E-state index contributed by atoms with van der Waals surface area (Å²) in [7, 11) is 1.67. The summed E-state index contributed by atoms with van der Waals surface area (Å²) in [5.74, 6) is 0.484. The second-order valence-electron chi connectivity index (χ2n) is 9.28. The van der Waals surface area contributed by atoms with Gasteiger partial charge in [-0.3, -0.25) is 4.90 Å². The third-order valence-corrected chi connectivity index (χ3v) is 7.24. The molecule has 5 nitrogen and oxygen atoms in total. The molecule has 0 N–H and O–H groups in total. The summed E-state index contributed by atoms with van der Waals surface area (Å²) in [5, 5.41) is 0. The fourth-order valence-corrected chi connectivity index (χ4v) is 5.10. The first kappa shape index (κ1) is 17.6. The second-order valence-corrected chi connectivity index (χ2v) is 10.3. The van der Waals surface area contributed by atoms with Crippen LogP contribution in [0.1, 0.15) is 45.7 Å². The summed E-state index contributed by atoms with van der Waals surface area (Å²) >= 11 is 1.12. The number of ether oxygens (including phenoxy) is 2. The molecule has 0 spiro atoms. The van der Waals surface area contributed by atoms with Gasteiger partial charge in [0.25, 0.3) is 0 Å². The van der Waals surface area contributed by atoms with Crippen molar-refractivity contribution in [2.24, 2.45) is 4.99 Å². The molecule has 0 aliphatic carbocycles. The van der Waals surface area contributed by atoms with Crippen LogP contribution in [0.25, 0.3) is 0 Å². The Balaban J connectivity index is 1.78. The average molecular weight is 474 g/mol. The van der Waals surface area contributed by atoms with E-state index in [0.29, 0.717) is 53.7 Å². The zero-order valence-corrected chi connectivity index (χ0v) is 21.2. The van der Waals surface area contributed by atoms with Crippen molar-refractivity contribution < 1.29 is 17.7 Å². The Labute approximate surface area is 211 Å². The third kappa shape index (κ3) is 5.46. The quantitative estimate of drug-likeness (QED) is 0.533. The number of rotatable bonds is 6. The fraction of sp³-hybridized carbons (Fsp3) is 0.519. The van der Waals surface area contributed by atoms with E-state index >= 15 is 0 Å². The number of piperazine rings is 1. The molecule has 2 aromatic carbocycles. The van der Waals surface area contributed by atoms with Crippen molar-refractivity contribution in [2.75, 3.05) is 46.5 Å². The van der Waals surface area contributed by atoms with Crippen LogP contribution in [0.5, 0.6) is 0 Å². The number of aliphatic imine (C=N–C) groups is 1. The highest BCUT2D eigenvalue weighted by molar-refractivity contribution is 7.99. The predicted molar refractivity (Wildman–Crippen MR) is 137 cm³/mol. The lowest BCUT2D eigenvalue weighted by atomic mass is 9.96. The minimum Gasteiger partial charge on any atom is -0.379 e. The molecule has 0 aromatic heterocycles. The lowest BCUT2D eigenvalue weighted by molar-refractivity contribution is 0.000247. The van der Waals surface area contributed by atoms with Crippen LogP contribution < -0.4 is 0 Å². The SMILES string of the molecule is [2H]c1c([2H])c([2H])c2c(c1[2H])N=C(N1CCN(CCOCC(C)OC)CC1(C)C)c1c([2H])c(C)c(C)c([2H])c1S2. The van der Waals surface area contributed by atoms with Gasteiger partial charge >= 0.3 is 0 Å². The summed E-state index contributed by atoms with van der Waals surface area (Å²) in [6.45, 7) is 13.8. The molecular formula is C27H37N3O2S. The predicted octanol–water partition coefficient (Wildman–Crippen LogP) is 5.29. The van der Waals surface area contributed by atoms with Crippen LogP contribution in [0, 0.1) is 13.8 Å². The summed E-state index contributed by atoms with van der Waals surface area (Å²) in [6, 6.07) is -0.534. The minimum absolute atomic E-state index is 0.0435. The number of amidine groups is 1. The van der Waals surface area contributed by atoms with Gasteiger partial charge in [0, 0.05) is 54.2 Å². The van der Waals surface area contributed by atoms with Crippen molar-refractivity contribution >= 4 is 23.3 Å². The van der Waals surface area contributed by atoms with Gasteiger partial charge in [0.2, 0.25) is 0 Å². The molecule has 0 radical (unpaired) electrons. The highest BCUT2D eigenvalue weighted by atomic mass is 32.2. The Hall–Kier alpha value is -1.86. The van der Waals surface area contributed by atoms with Crippen LogP contribution in [0.15, 0.2) is 51.0 Å². The van der Waals surface area contributed by atoms with Crippen molar-refractivity contribution in [1.29, 1.82) is 0 Å². The Morgan fingerprint density at radius 1 is 1.15 bits per heavy atom. The van der Waals surface area contributed by atoms with E-state index in [1.165, 1.54) is 0 Å². The highest BCUT2D eigenvalue weighted by Crippen LogP contribution is 2.42. The van der Waals surface area contributed by atoms with Crippen LogP contribution in [0.3, 0.4) is 0 Å². The smallest absolute Gasteiger partial charge is 0.138 e. The number of hydrogen-bond acceptors (Lipinski definition) is 6. The normalized spacial score (nSPS) is 21.4. The van der Waals surface area contributed by atoms with Gasteiger partial charge in [0.05, 0.1) is 33.2 Å². The van der Waals surface area contributed by atoms with Crippen LogP contribution in [0.2, 0.25) is 0 Å². The second kappa shape index (κ2) is 10.2. The lowest BCUT2D eigenvalue weighted by Crippen LogP contribution is -2.61. The molecule has 1 unspecified atom stereocenters. The third-order valence-electron chi connectivity index (χ3n) is 6.23. The lowest BCUT2D eigenvalue weighted by Gasteiger charge is -2.48. The van der Waals surface area contributed by atoms with E-state index in [1.807, 2.05) is 20.8 Å². The molecule has 1 atom stereocenters. The van der Waals surface area contributed by atoms with Gasteiger partial charge in [0.1, 0.15) is 5.84 Å². The van der Waals surface area contributed by atoms with Gasteiger partial charge in [-0.25, -0.2) is 4.99 Å². The average Bonchev–Trinajstić information content (AvgIpc) is 3.08. The summed E-state index contributed by atoms with van der Waals surface area (Å²) in [6.07, 6.45) is 0.0435. The topological polar surface area (TPSA) is 37.3 Å². The van der Waals surface area contributed by atoms with E-state index in [0.717, 1.165) is 24.9 Å². The largest absolute Gasteiger partial charge is 0.379 e. The van der Waals surface area contributed by atoms with Crippen molar-refractivity contribution in [3.63, 3.8) is 0 Å². The van der Waals surface area contributed by atoms with Crippen molar-refractivity contribution in [3.05, 3.63) is 52.9 Å². The molecule has 6 heteroatoms. The number of hydrogen-bond donors (Lipinski definition) is 0. The number of benzene rings is 2. The Bertz CT molecular complexity index is 1320. The highest BCUT2D eigenvalue weighted by Gasteiger charge is 2.37. The minimum atomic E-state index is -0.415. The van der Waals surface area contributed by atoms with E-state index in [2.05, 4.69) is 23.6 Å². The molecule has 2 heterocycles. The van der Waals surface area contributed by atoms with Crippen LogP contribution in [-0.2, 0) is 9.47 Å². The first-order valence-corrected chi connectivity index (χ1v) is 12.2. The summed E-state index contributed by atoms with van der Waals surface area (Å²) < 4.78 is 62.7. The maximum absolute atomic E-state index is 9.08. The molecule has 1 saturated heterocycles. The fourth-order valence-electron chi connectivity index (χ4n) is 4.15. The molecule has 2 aromatic rings. The molecule has 0 amide bonds. The van der Waals surface area contributed by atoms with E-state index in [9.17, 15) is 0 Å². The van der Waals surface area contributed by atoms with Gasteiger partial charge in [-0.05, 0) is 69.9 Å². The molecule has 1 fully saturated rings. The van der Waals surface area contributed by atoms with E-state index < -0.39 is 5.54 Å². The number of para-hydroxylation sites is 1. The maximum atomic E-state index is 9.08. The maximum Gasteiger partial charge on any atom is 0.138 e. The van der Waals surface area contributed by atoms with Crippen LogP contribution in [-0.4, -0.2) is 73.8 Å². The molecule has 4 rings (SSSR count).